The van der Waals surface area contributed by atoms with Crippen molar-refractivity contribution in [2.75, 3.05) is 5.43 Å². The van der Waals surface area contributed by atoms with Gasteiger partial charge in [-0.2, -0.15) is 9.78 Å². The molecule has 0 amide bonds. The zero-order chi connectivity index (χ0) is 13.6. The number of aromatic nitrogens is 4. The molecular weight excluding hydrogens is 252 g/mol. The molecule has 6 nitrogen and oxygen atoms in total. The SMILES string of the molecule is C(=N/Nc1nnnn1-c1ccccc1)/c1ccccc1. The minimum absolute atomic E-state index is 0.461. The third-order valence-electron chi connectivity index (χ3n) is 2.65. The second-order valence-electron chi connectivity index (χ2n) is 4.03. The van der Waals surface area contributed by atoms with Gasteiger partial charge in [0.2, 0.25) is 0 Å². The first kappa shape index (κ1) is 12.0. The Hall–Kier alpha value is -3.02. The average molecular weight is 264 g/mol. The van der Waals surface area contributed by atoms with Gasteiger partial charge in [0, 0.05) is 0 Å². The number of hydrogen-bond acceptors (Lipinski definition) is 5. The quantitative estimate of drug-likeness (QED) is 0.579. The Labute approximate surface area is 115 Å². The molecule has 0 saturated carbocycles. The van der Waals surface area contributed by atoms with Crippen LogP contribution in [0.4, 0.5) is 5.95 Å². The van der Waals surface area contributed by atoms with Crippen molar-refractivity contribution in [3.63, 3.8) is 0 Å². The van der Waals surface area contributed by atoms with Gasteiger partial charge in [0.1, 0.15) is 0 Å². The van der Waals surface area contributed by atoms with E-state index in [1.165, 1.54) is 0 Å². The van der Waals surface area contributed by atoms with Gasteiger partial charge in [-0.3, -0.25) is 0 Å². The summed E-state index contributed by atoms with van der Waals surface area (Å²) in [7, 11) is 0. The fourth-order valence-electron chi connectivity index (χ4n) is 1.70. The summed E-state index contributed by atoms with van der Waals surface area (Å²) in [5, 5.41) is 15.6. The van der Waals surface area contributed by atoms with Crippen LogP contribution in [0.25, 0.3) is 5.69 Å². The number of rotatable bonds is 4. The molecule has 0 unspecified atom stereocenters. The van der Waals surface area contributed by atoms with Crippen molar-refractivity contribution in [1.82, 2.24) is 20.2 Å². The van der Waals surface area contributed by atoms with Crippen LogP contribution in [0.15, 0.2) is 65.8 Å². The van der Waals surface area contributed by atoms with Crippen molar-refractivity contribution in [3.8, 4) is 5.69 Å². The Bertz CT molecular complexity index is 690. The molecule has 0 fully saturated rings. The molecule has 98 valence electrons. The second kappa shape index (κ2) is 5.75. The van der Waals surface area contributed by atoms with Crippen molar-refractivity contribution < 1.29 is 0 Å². The second-order valence-corrected chi connectivity index (χ2v) is 4.03. The van der Waals surface area contributed by atoms with Gasteiger partial charge in [-0.15, -0.1) is 0 Å². The van der Waals surface area contributed by atoms with Crippen LogP contribution in [0.1, 0.15) is 5.56 Å². The number of benzene rings is 2. The van der Waals surface area contributed by atoms with E-state index >= 15 is 0 Å². The monoisotopic (exact) mass is 264 g/mol. The van der Waals surface area contributed by atoms with Gasteiger partial charge in [0.05, 0.1) is 11.9 Å². The van der Waals surface area contributed by atoms with Gasteiger partial charge in [0.25, 0.3) is 5.95 Å². The Kier molecular flexibility index (Phi) is 3.46. The van der Waals surface area contributed by atoms with Crippen LogP contribution >= 0.6 is 0 Å². The van der Waals surface area contributed by atoms with E-state index in [0.717, 1.165) is 11.3 Å². The first-order valence-electron chi connectivity index (χ1n) is 6.11. The average Bonchev–Trinajstić information content (AvgIpc) is 2.98. The molecule has 20 heavy (non-hydrogen) atoms. The molecule has 3 aromatic rings. The number of nitrogens with zero attached hydrogens (tertiary/aromatic N) is 5. The first-order chi connectivity index (χ1) is 9.93. The summed E-state index contributed by atoms with van der Waals surface area (Å²) in [6.07, 6.45) is 1.71. The van der Waals surface area contributed by atoms with Crippen LogP contribution in [-0.4, -0.2) is 26.4 Å². The van der Waals surface area contributed by atoms with Gasteiger partial charge in [-0.05, 0) is 28.1 Å². The van der Waals surface area contributed by atoms with Gasteiger partial charge in [-0.25, -0.2) is 5.43 Å². The first-order valence-corrected chi connectivity index (χ1v) is 6.11. The number of anilines is 1. The molecule has 6 heteroatoms. The molecule has 0 saturated heterocycles. The predicted molar refractivity (Wildman–Crippen MR) is 76.8 cm³/mol. The van der Waals surface area contributed by atoms with E-state index in [1.54, 1.807) is 10.9 Å². The maximum Gasteiger partial charge on any atom is 0.268 e. The highest BCUT2D eigenvalue weighted by atomic mass is 15.6. The van der Waals surface area contributed by atoms with Crippen molar-refractivity contribution in [2.24, 2.45) is 5.10 Å². The fourth-order valence-corrected chi connectivity index (χ4v) is 1.70. The number of nitrogens with one attached hydrogen (secondary N) is 1. The molecule has 0 radical (unpaired) electrons. The number of para-hydroxylation sites is 1. The third-order valence-corrected chi connectivity index (χ3v) is 2.65. The van der Waals surface area contributed by atoms with E-state index in [2.05, 4.69) is 26.1 Å². The topological polar surface area (TPSA) is 68.0 Å². The minimum Gasteiger partial charge on any atom is -0.244 e. The summed E-state index contributed by atoms with van der Waals surface area (Å²) in [5.41, 5.74) is 4.71. The molecule has 0 aliphatic carbocycles. The highest BCUT2D eigenvalue weighted by molar-refractivity contribution is 5.79. The molecule has 3 rings (SSSR count). The van der Waals surface area contributed by atoms with Crippen LogP contribution in [0.5, 0.6) is 0 Å². The van der Waals surface area contributed by atoms with Crippen LogP contribution in [0.2, 0.25) is 0 Å². The molecule has 1 aromatic heterocycles. The molecule has 1 heterocycles. The van der Waals surface area contributed by atoms with Crippen molar-refractivity contribution in [1.29, 1.82) is 0 Å². The third kappa shape index (κ3) is 2.69. The molecule has 1 N–H and O–H groups in total. The summed E-state index contributed by atoms with van der Waals surface area (Å²) in [6.45, 7) is 0. The maximum absolute atomic E-state index is 4.13. The van der Waals surface area contributed by atoms with Crippen molar-refractivity contribution in [3.05, 3.63) is 66.2 Å². The summed E-state index contributed by atoms with van der Waals surface area (Å²) < 4.78 is 1.59. The molecule has 0 atom stereocenters. The number of hydrazone groups is 1. The van der Waals surface area contributed by atoms with E-state index in [1.807, 2.05) is 60.7 Å². The lowest BCUT2D eigenvalue weighted by Crippen LogP contribution is -2.03. The van der Waals surface area contributed by atoms with Crippen LogP contribution in [0.3, 0.4) is 0 Å². The Morgan fingerprint density at radius 1 is 0.950 bits per heavy atom. The van der Waals surface area contributed by atoms with Gasteiger partial charge < -0.3 is 0 Å². The summed E-state index contributed by atoms with van der Waals surface area (Å²) in [5.74, 6) is 0.461. The Morgan fingerprint density at radius 2 is 1.65 bits per heavy atom. The molecule has 0 spiro atoms. The largest absolute Gasteiger partial charge is 0.268 e. The zero-order valence-corrected chi connectivity index (χ0v) is 10.6. The van der Waals surface area contributed by atoms with Crippen molar-refractivity contribution >= 4 is 12.2 Å². The number of hydrogen-bond donors (Lipinski definition) is 1. The zero-order valence-electron chi connectivity index (χ0n) is 10.6. The Morgan fingerprint density at radius 3 is 2.40 bits per heavy atom. The summed E-state index contributed by atoms with van der Waals surface area (Å²) in [4.78, 5) is 0. The van der Waals surface area contributed by atoms with E-state index in [4.69, 9.17) is 0 Å². The highest BCUT2D eigenvalue weighted by Crippen LogP contribution is 2.10. The molecule has 2 aromatic carbocycles. The van der Waals surface area contributed by atoms with Gasteiger partial charge in [-0.1, -0.05) is 53.6 Å². The lowest BCUT2D eigenvalue weighted by Gasteiger charge is -2.02. The summed E-state index contributed by atoms with van der Waals surface area (Å²) >= 11 is 0. The molecule has 0 aliphatic heterocycles. The van der Waals surface area contributed by atoms with E-state index in [9.17, 15) is 0 Å². The predicted octanol–water partition coefficient (Wildman–Crippen LogP) is 2.11. The fraction of sp³-hybridized carbons (Fsp3) is 0. The van der Waals surface area contributed by atoms with Gasteiger partial charge >= 0.3 is 0 Å². The normalized spacial score (nSPS) is 10.8. The Balaban J connectivity index is 1.76. The van der Waals surface area contributed by atoms with Crippen LogP contribution < -0.4 is 5.43 Å². The van der Waals surface area contributed by atoms with Crippen molar-refractivity contribution in [2.45, 2.75) is 0 Å². The van der Waals surface area contributed by atoms with E-state index in [-0.39, 0.29) is 0 Å². The van der Waals surface area contributed by atoms with Crippen LogP contribution in [-0.2, 0) is 0 Å². The standard InChI is InChI=1S/C14H12N6/c1-3-7-12(8-4-1)11-15-16-14-17-18-19-20(14)13-9-5-2-6-10-13/h1-11H,(H,16,17,19)/b15-11-. The lowest BCUT2D eigenvalue weighted by molar-refractivity contribution is 0.790. The van der Waals surface area contributed by atoms with Gasteiger partial charge in [0.15, 0.2) is 0 Å². The molecular formula is C14H12N6. The maximum atomic E-state index is 4.13. The van der Waals surface area contributed by atoms with Crippen LogP contribution in [0, 0.1) is 0 Å². The number of tetrazole rings is 1. The summed E-state index contributed by atoms with van der Waals surface area (Å²) in [6, 6.07) is 19.4. The van der Waals surface area contributed by atoms with E-state index < -0.39 is 0 Å². The lowest BCUT2D eigenvalue weighted by atomic mass is 10.2. The molecule has 0 bridgehead atoms. The molecule has 0 aliphatic rings. The highest BCUT2D eigenvalue weighted by Gasteiger charge is 2.05. The minimum atomic E-state index is 0.461. The smallest absolute Gasteiger partial charge is 0.244 e. The van der Waals surface area contributed by atoms with E-state index in [0.29, 0.717) is 5.95 Å².